The molecule has 0 spiro atoms. The quantitative estimate of drug-likeness (QED) is 0.617. The molecule has 3 aromatic rings. The van der Waals surface area contributed by atoms with E-state index >= 15 is 0 Å². The molecular formula is C25H28N4O2. The van der Waals surface area contributed by atoms with E-state index in [9.17, 15) is 5.26 Å². The summed E-state index contributed by atoms with van der Waals surface area (Å²) in [5, 5.41) is 10.0. The number of fused-ring (bicyclic) bond motifs is 1. The third kappa shape index (κ3) is 3.69. The molecule has 2 heterocycles. The Morgan fingerprint density at radius 1 is 1.23 bits per heavy atom. The van der Waals surface area contributed by atoms with Crippen molar-refractivity contribution < 1.29 is 9.15 Å². The van der Waals surface area contributed by atoms with Gasteiger partial charge in [-0.2, -0.15) is 5.26 Å². The van der Waals surface area contributed by atoms with Gasteiger partial charge in [-0.1, -0.05) is 30.3 Å². The number of nitrogens with zero attached hydrogens (tertiary/aromatic N) is 4. The fraction of sp³-hybridized carbons (Fsp3) is 0.440. The molecule has 1 aliphatic heterocycles. The number of likely N-dealkylation sites (N-methyl/N-ethyl adjacent to an activating group) is 1. The van der Waals surface area contributed by atoms with Crippen LogP contribution in [0.3, 0.4) is 0 Å². The van der Waals surface area contributed by atoms with E-state index in [-0.39, 0.29) is 6.10 Å². The zero-order valence-corrected chi connectivity index (χ0v) is 18.4. The summed E-state index contributed by atoms with van der Waals surface area (Å²) in [5.41, 5.74) is 6.22. The molecule has 0 amide bonds. The van der Waals surface area contributed by atoms with Crippen LogP contribution in [0.1, 0.15) is 35.8 Å². The van der Waals surface area contributed by atoms with Crippen LogP contribution in [0.4, 0.5) is 5.69 Å². The van der Waals surface area contributed by atoms with Gasteiger partial charge in [0.2, 0.25) is 0 Å². The Balaban J connectivity index is 1.73. The molecule has 5 rings (SSSR count). The number of hydrogen-bond donors (Lipinski definition) is 0. The number of nitriles is 1. The second-order valence-corrected chi connectivity index (χ2v) is 8.91. The predicted octanol–water partition coefficient (Wildman–Crippen LogP) is 4.32. The molecule has 2 aliphatic rings. The lowest BCUT2D eigenvalue weighted by atomic mass is 9.92. The lowest BCUT2D eigenvalue weighted by Crippen LogP contribution is -2.46. The van der Waals surface area contributed by atoms with Gasteiger partial charge in [-0.25, -0.2) is 4.98 Å². The maximum atomic E-state index is 10.0. The average molecular weight is 417 g/mol. The second-order valence-electron chi connectivity index (χ2n) is 8.91. The highest BCUT2D eigenvalue weighted by Gasteiger charge is 2.34. The number of hydrogen-bond acceptors (Lipinski definition) is 6. The number of ether oxygens (including phenoxy) is 1. The lowest BCUT2D eigenvalue weighted by Gasteiger charge is -2.37. The van der Waals surface area contributed by atoms with Crippen LogP contribution in [-0.4, -0.2) is 56.3 Å². The zero-order chi connectivity index (χ0) is 21.5. The standard InChI is InChI=1S/C25H28N4O2/c1-16-20(13-26)22-24(31-25(27-22)18-9-10-18)23(21(16)17-7-5-4-6-8-17)29-11-12-30-19(15-29)14-28(2)3/h4-8,18-19H,9-12,14-15H2,1-3H3. The van der Waals surface area contributed by atoms with Gasteiger partial charge < -0.3 is 19.0 Å². The molecule has 6 nitrogen and oxygen atoms in total. The molecule has 0 N–H and O–H groups in total. The molecule has 0 radical (unpaired) electrons. The van der Waals surface area contributed by atoms with E-state index in [4.69, 9.17) is 14.1 Å². The Hall–Kier alpha value is -2.88. The second kappa shape index (κ2) is 7.99. The summed E-state index contributed by atoms with van der Waals surface area (Å²) in [7, 11) is 4.14. The van der Waals surface area contributed by atoms with E-state index in [1.807, 2.05) is 25.1 Å². The van der Waals surface area contributed by atoms with Crippen LogP contribution in [0.15, 0.2) is 34.7 Å². The minimum absolute atomic E-state index is 0.115. The molecule has 1 saturated carbocycles. The fourth-order valence-corrected chi connectivity index (χ4v) is 4.60. The summed E-state index contributed by atoms with van der Waals surface area (Å²) in [5.74, 6) is 1.16. The summed E-state index contributed by atoms with van der Waals surface area (Å²) < 4.78 is 12.4. The van der Waals surface area contributed by atoms with Crippen LogP contribution >= 0.6 is 0 Å². The van der Waals surface area contributed by atoms with Crippen molar-refractivity contribution in [2.24, 2.45) is 0 Å². The smallest absolute Gasteiger partial charge is 0.198 e. The van der Waals surface area contributed by atoms with Gasteiger partial charge in [-0.15, -0.1) is 0 Å². The summed E-state index contributed by atoms with van der Waals surface area (Å²) >= 11 is 0. The summed E-state index contributed by atoms with van der Waals surface area (Å²) in [6.45, 7) is 5.12. The number of morpholine rings is 1. The molecule has 31 heavy (non-hydrogen) atoms. The highest BCUT2D eigenvalue weighted by atomic mass is 16.5. The first kappa shape index (κ1) is 20.0. The van der Waals surface area contributed by atoms with Crippen LogP contribution in [0.2, 0.25) is 0 Å². The van der Waals surface area contributed by atoms with Gasteiger partial charge in [0.05, 0.1) is 24.0 Å². The van der Waals surface area contributed by atoms with Crippen molar-refractivity contribution in [3.8, 4) is 17.2 Å². The Bertz CT molecular complexity index is 1140. The van der Waals surface area contributed by atoms with E-state index in [2.05, 4.69) is 42.1 Å². The number of anilines is 1. The number of aromatic nitrogens is 1. The Kier molecular flexibility index (Phi) is 5.17. The van der Waals surface area contributed by atoms with E-state index in [0.29, 0.717) is 23.6 Å². The molecule has 6 heteroatoms. The van der Waals surface area contributed by atoms with Gasteiger partial charge in [0.25, 0.3) is 0 Å². The number of oxazole rings is 1. The van der Waals surface area contributed by atoms with Crippen molar-refractivity contribution in [2.75, 3.05) is 45.2 Å². The van der Waals surface area contributed by atoms with E-state index < -0.39 is 0 Å². The fourth-order valence-electron chi connectivity index (χ4n) is 4.60. The van der Waals surface area contributed by atoms with Crippen LogP contribution in [0.25, 0.3) is 22.2 Å². The first-order chi connectivity index (χ1) is 15.1. The largest absolute Gasteiger partial charge is 0.438 e. The van der Waals surface area contributed by atoms with Gasteiger partial charge in [-0.05, 0) is 45.0 Å². The SMILES string of the molecule is Cc1c(-c2ccccc2)c(N2CCOC(CN(C)C)C2)c2oc(C3CC3)nc2c1C#N. The lowest BCUT2D eigenvalue weighted by molar-refractivity contribution is 0.0248. The highest BCUT2D eigenvalue weighted by molar-refractivity contribution is 6.02. The van der Waals surface area contributed by atoms with Crippen LogP contribution in [-0.2, 0) is 4.74 Å². The van der Waals surface area contributed by atoms with E-state index in [1.54, 1.807) is 0 Å². The average Bonchev–Trinajstić information content (AvgIpc) is 3.52. The first-order valence-electron chi connectivity index (χ1n) is 11.0. The van der Waals surface area contributed by atoms with E-state index in [1.165, 1.54) is 0 Å². The Labute approximate surface area is 183 Å². The van der Waals surface area contributed by atoms with Crippen molar-refractivity contribution in [1.82, 2.24) is 9.88 Å². The van der Waals surface area contributed by atoms with Gasteiger partial charge in [0.1, 0.15) is 11.6 Å². The Morgan fingerprint density at radius 2 is 2.00 bits per heavy atom. The molecule has 1 aromatic heterocycles. The maximum Gasteiger partial charge on any atom is 0.198 e. The van der Waals surface area contributed by atoms with Crippen LogP contribution in [0, 0.1) is 18.3 Å². The molecule has 1 unspecified atom stereocenters. The van der Waals surface area contributed by atoms with Crippen molar-refractivity contribution in [1.29, 1.82) is 5.26 Å². The van der Waals surface area contributed by atoms with Crippen molar-refractivity contribution >= 4 is 16.8 Å². The number of benzene rings is 2. The third-order valence-electron chi connectivity index (χ3n) is 6.21. The Morgan fingerprint density at radius 3 is 2.68 bits per heavy atom. The van der Waals surface area contributed by atoms with Gasteiger partial charge >= 0.3 is 0 Å². The summed E-state index contributed by atoms with van der Waals surface area (Å²) in [6.07, 6.45) is 2.33. The molecule has 1 aliphatic carbocycles. The van der Waals surface area contributed by atoms with Crippen molar-refractivity contribution in [2.45, 2.75) is 31.8 Å². The zero-order valence-electron chi connectivity index (χ0n) is 18.4. The molecule has 1 saturated heterocycles. The molecule has 160 valence electrons. The monoisotopic (exact) mass is 416 g/mol. The van der Waals surface area contributed by atoms with Gasteiger partial charge in [0.15, 0.2) is 11.5 Å². The molecule has 1 atom stereocenters. The topological polar surface area (TPSA) is 65.5 Å². The molecular weight excluding hydrogens is 388 g/mol. The molecule has 0 bridgehead atoms. The molecule has 2 fully saturated rings. The minimum atomic E-state index is 0.115. The van der Waals surface area contributed by atoms with Crippen molar-refractivity contribution in [3.63, 3.8) is 0 Å². The van der Waals surface area contributed by atoms with Crippen molar-refractivity contribution in [3.05, 3.63) is 47.3 Å². The first-order valence-corrected chi connectivity index (χ1v) is 11.0. The summed E-state index contributed by atoms with van der Waals surface area (Å²) in [4.78, 5) is 9.34. The van der Waals surface area contributed by atoms with Crippen LogP contribution < -0.4 is 4.90 Å². The number of rotatable bonds is 5. The minimum Gasteiger partial charge on any atom is -0.438 e. The predicted molar refractivity (Wildman–Crippen MR) is 121 cm³/mol. The normalized spacial score (nSPS) is 19.2. The molecule has 2 aromatic carbocycles. The van der Waals surface area contributed by atoms with Crippen LogP contribution in [0.5, 0.6) is 0 Å². The maximum absolute atomic E-state index is 10.0. The highest BCUT2D eigenvalue weighted by Crippen LogP contribution is 2.47. The summed E-state index contributed by atoms with van der Waals surface area (Å²) in [6, 6.07) is 12.7. The van der Waals surface area contributed by atoms with E-state index in [0.717, 1.165) is 66.3 Å². The van der Waals surface area contributed by atoms with Gasteiger partial charge in [0, 0.05) is 31.1 Å². The van der Waals surface area contributed by atoms with Gasteiger partial charge in [-0.3, -0.25) is 0 Å². The third-order valence-corrected chi connectivity index (χ3v) is 6.21.